The molecule has 192 valence electrons. The van der Waals surface area contributed by atoms with Crippen LogP contribution >= 0.6 is 0 Å². The van der Waals surface area contributed by atoms with Crippen molar-refractivity contribution in [2.45, 2.75) is 25.8 Å². The SMILES string of the molecule is O=C1CCCN1CCn1cnc2c(NCCc3ccc(O)cc3)nc(Nc3nccc4ccccc34)nc21. The lowest BCUT2D eigenvalue weighted by atomic mass is 10.1. The average molecular weight is 509 g/mol. The molecule has 4 heterocycles. The molecule has 3 aromatic heterocycles. The number of phenolic OH excluding ortho intramolecular Hbond substituents is 1. The van der Waals surface area contributed by atoms with Crippen molar-refractivity contribution >= 4 is 45.4 Å². The van der Waals surface area contributed by atoms with Crippen molar-refractivity contribution in [3.63, 3.8) is 0 Å². The number of aromatic hydroxyl groups is 1. The number of hydrogen-bond donors (Lipinski definition) is 3. The van der Waals surface area contributed by atoms with Crippen molar-refractivity contribution in [1.29, 1.82) is 0 Å². The fourth-order valence-corrected chi connectivity index (χ4v) is 4.77. The number of amides is 1. The Morgan fingerprint density at radius 1 is 0.947 bits per heavy atom. The highest BCUT2D eigenvalue weighted by Crippen LogP contribution is 2.26. The van der Waals surface area contributed by atoms with Crippen molar-refractivity contribution in [3.8, 4) is 5.75 Å². The van der Waals surface area contributed by atoms with Crippen LogP contribution in [0.25, 0.3) is 21.9 Å². The van der Waals surface area contributed by atoms with Gasteiger partial charge in [0, 0.05) is 44.2 Å². The van der Waals surface area contributed by atoms with Gasteiger partial charge in [-0.1, -0.05) is 36.4 Å². The molecule has 0 saturated carbocycles. The highest BCUT2D eigenvalue weighted by atomic mass is 16.3. The summed E-state index contributed by atoms with van der Waals surface area (Å²) in [4.78, 5) is 32.7. The smallest absolute Gasteiger partial charge is 0.232 e. The van der Waals surface area contributed by atoms with Gasteiger partial charge in [0.1, 0.15) is 11.6 Å². The molecule has 10 heteroatoms. The van der Waals surface area contributed by atoms with Gasteiger partial charge in [-0.15, -0.1) is 0 Å². The summed E-state index contributed by atoms with van der Waals surface area (Å²) >= 11 is 0. The largest absolute Gasteiger partial charge is 0.508 e. The average Bonchev–Trinajstić information content (AvgIpc) is 3.54. The first-order chi connectivity index (χ1) is 18.6. The van der Waals surface area contributed by atoms with Crippen molar-refractivity contribution in [2.24, 2.45) is 0 Å². The van der Waals surface area contributed by atoms with Crippen LogP contribution in [0.3, 0.4) is 0 Å². The molecule has 10 nitrogen and oxygen atoms in total. The van der Waals surface area contributed by atoms with Crippen LogP contribution in [-0.4, -0.2) is 60.1 Å². The summed E-state index contributed by atoms with van der Waals surface area (Å²) in [5, 5.41) is 18.3. The van der Waals surface area contributed by atoms with E-state index in [1.807, 2.05) is 51.9 Å². The number of anilines is 3. The van der Waals surface area contributed by atoms with Gasteiger partial charge in [-0.25, -0.2) is 9.97 Å². The zero-order chi connectivity index (χ0) is 25.9. The van der Waals surface area contributed by atoms with Crippen LogP contribution in [0.15, 0.2) is 67.1 Å². The van der Waals surface area contributed by atoms with E-state index in [1.54, 1.807) is 24.7 Å². The minimum absolute atomic E-state index is 0.199. The second kappa shape index (κ2) is 10.3. The van der Waals surface area contributed by atoms with Crippen LogP contribution in [-0.2, 0) is 17.8 Å². The molecule has 3 N–H and O–H groups in total. The molecule has 1 fully saturated rings. The zero-order valence-corrected chi connectivity index (χ0v) is 20.8. The standard InChI is InChI=1S/C28H28N8O2/c37-21-9-7-19(8-10-21)11-13-30-26-24-27(36(18-31-24)17-16-35-15-3-6-23(35)38)34-28(33-26)32-25-22-5-2-1-4-20(22)12-14-29-25/h1-2,4-5,7-10,12,14,18,37H,3,6,11,13,15-17H2,(H2,29,30,32,33,34). The molecule has 0 spiro atoms. The van der Waals surface area contributed by atoms with E-state index in [-0.39, 0.29) is 11.7 Å². The fourth-order valence-electron chi connectivity index (χ4n) is 4.77. The van der Waals surface area contributed by atoms with Gasteiger partial charge in [-0.2, -0.15) is 9.97 Å². The number of carbonyl (C=O) groups excluding carboxylic acids is 1. The molecule has 0 atom stereocenters. The van der Waals surface area contributed by atoms with Gasteiger partial charge in [-0.05, 0) is 42.0 Å². The van der Waals surface area contributed by atoms with E-state index < -0.39 is 0 Å². The number of nitrogens with zero attached hydrogens (tertiary/aromatic N) is 6. The van der Waals surface area contributed by atoms with Gasteiger partial charge < -0.3 is 25.2 Å². The zero-order valence-electron chi connectivity index (χ0n) is 20.8. The molecule has 1 aliphatic heterocycles. The number of nitrogens with one attached hydrogen (secondary N) is 2. The summed E-state index contributed by atoms with van der Waals surface area (Å²) in [6, 6.07) is 17.2. The number of phenols is 1. The molecular formula is C28H28N8O2. The van der Waals surface area contributed by atoms with Gasteiger partial charge >= 0.3 is 0 Å². The van der Waals surface area contributed by atoms with Crippen LogP contribution < -0.4 is 10.6 Å². The van der Waals surface area contributed by atoms with Crippen LogP contribution in [0.4, 0.5) is 17.6 Å². The Bertz CT molecular complexity index is 1590. The second-order valence-corrected chi connectivity index (χ2v) is 9.34. The topological polar surface area (TPSA) is 121 Å². The normalized spacial score (nSPS) is 13.5. The lowest BCUT2D eigenvalue weighted by molar-refractivity contribution is -0.127. The third-order valence-electron chi connectivity index (χ3n) is 6.79. The first-order valence-corrected chi connectivity index (χ1v) is 12.8. The van der Waals surface area contributed by atoms with Crippen molar-refractivity contribution in [1.82, 2.24) is 29.4 Å². The molecule has 0 radical (unpaired) electrons. The molecule has 1 aliphatic rings. The molecule has 5 aromatic rings. The van der Waals surface area contributed by atoms with Gasteiger partial charge in [0.05, 0.1) is 6.33 Å². The number of rotatable bonds is 9. The molecular weight excluding hydrogens is 480 g/mol. The number of imidazole rings is 1. The predicted molar refractivity (Wildman–Crippen MR) is 146 cm³/mol. The summed E-state index contributed by atoms with van der Waals surface area (Å²) in [5.41, 5.74) is 2.45. The van der Waals surface area contributed by atoms with Crippen molar-refractivity contribution in [3.05, 3.63) is 72.7 Å². The predicted octanol–water partition coefficient (Wildman–Crippen LogP) is 4.10. The second-order valence-electron chi connectivity index (χ2n) is 9.34. The van der Waals surface area contributed by atoms with Crippen molar-refractivity contribution < 1.29 is 9.90 Å². The van der Waals surface area contributed by atoms with Gasteiger partial charge in [0.15, 0.2) is 17.0 Å². The summed E-state index contributed by atoms with van der Waals surface area (Å²) in [6.45, 7) is 2.63. The highest BCUT2D eigenvalue weighted by Gasteiger charge is 2.21. The molecule has 6 rings (SSSR count). The fraction of sp³-hybridized carbons (Fsp3) is 0.250. The Labute approximate surface area is 219 Å². The number of aromatic nitrogens is 5. The van der Waals surface area contributed by atoms with Crippen molar-refractivity contribution in [2.75, 3.05) is 30.3 Å². The first kappa shape index (κ1) is 23.7. The van der Waals surface area contributed by atoms with Crippen LogP contribution in [0.2, 0.25) is 0 Å². The van der Waals surface area contributed by atoms with E-state index in [9.17, 15) is 9.90 Å². The van der Waals surface area contributed by atoms with Crippen LogP contribution in [0.5, 0.6) is 5.75 Å². The highest BCUT2D eigenvalue weighted by molar-refractivity contribution is 5.93. The maximum Gasteiger partial charge on any atom is 0.232 e. The quantitative estimate of drug-likeness (QED) is 0.272. The minimum atomic E-state index is 0.199. The Hall–Kier alpha value is -4.73. The maximum atomic E-state index is 12.1. The van der Waals surface area contributed by atoms with E-state index in [0.717, 1.165) is 35.7 Å². The number of hydrogen-bond acceptors (Lipinski definition) is 8. The first-order valence-electron chi connectivity index (χ1n) is 12.8. The number of benzene rings is 2. The Morgan fingerprint density at radius 3 is 2.66 bits per heavy atom. The molecule has 38 heavy (non-hydrogen) atoms. The summed E-state index contributed by atoms with van der Waals surface area (Å²) in [6.07, 6.45) is 5.79. The summed E-state index contributed by atoms with van der Waals surface area (Å²) in [5.74, 6) is 2.15. The van der Waals surface area contributed by atoms with E-state index >= 15 is 0 Å². The Balaban J connectivity index is 1.30. The summed E-state index contributed by atoms with van der Waals surface area (Å²) < 4.78 is 1.97. The lowest BCUT2D eigenvalue weighted by Crippen LogP contribution is -2.28. The molecule has 2 aromatic carbocycles. The number of fused-ring (bicyclic) bond motifs is 2. The molecule has 1 saturated heterocycles. The molecule has 0 unspecified atom stereocenters. The summed E-state index contributed by atoms with van der Waals surface area (Å²) in [7, 11) is 0. The van der Waals surface area contributed by atoms with E-state index in [1.165, 1.54) is 0 Å². The third-order valence-corrected chi connectivity index (χ3v) is 6.79. The van der Waals surface area contributed by atoms with E-state index in [2.05, 4.69) is 20.6 Å². The third kappa shape index (κ3) is 4.93. The number of carbonyl (C=O) groups is 1. The molecule has 0 aliphatic carbocycles. The Kier molecular flexibility index (Phi) is 6.43. The Morgan fingerprint density at radius 2 is 1.82 bits per heavy atom. The van der Waals surface area contributed by atoms with Gasteiger partial charge in [-0.3, -0.25) is 4.79 Å². The van der Waals surface area contributed by atoms with Gasteiger partial charge in [0.2, 0.25) is 11.9 Å². The molecule has 0 bridgehead atoms. The monoisotopic (exact) mass is 508 g/mol. The minimum Gasteiger partial charge on any atom is -0.508 e. The lowest BCUT2D eigenvalue weighted by Gasteiger charge is -2.16. The van der Waals surface area contributed by atoms with E-state index in [0.29, 0.717) is 54.8 Å². The van der Waals surface area contributed by atoms with Crippen LogP contribution in [0.1, 0.15) is 18.4 Å². The maximum absolute atomic E-state index is 12.1. The number of likely N-dealkylation sites (tertiary alicyclic amines) is 1. The van der Waals surface area contributed by atoms with E-state index in [4.69, 9.17) is 9.97 Å². The van der Waals surface area contributed by atoms with Gasteiger partial charge in [0.25, 0.3) is 0 Å². The van der Waals surface area contributed by atoms with Crippen LogP contribution in [0, 0.1) is 0 Å². The molecule has 1 amide bonds. The number of pyridine rings is 1.